The number of rotatable bonds is 7. The fourth-order valence-electron chi connectivity index (χ4n) is 4.61. The number of carbonyl (C=O) groups is 1. The summed E-state index contributed by atoms with van der Waals surface area (Å²) in [5, 5.41) is 0.693. The van der Waals surface area contributed by atoms with E-state index in [1.807, 2.05) is 49.4 Å². The van der Waals surface area contributed by atoms with E-state index in [1.54, 1.807) is 56.4 Å². The Bertz CT molecular complexity index is 1690. The minimum atomic E-state index is -3.91. The van der Waals surface area contributed by atoms with Gasteiger partial charge in [-0.05, 0) is 44.5 Å². The lowest BCUT2D eigenvalue weighted by molar-refractivity contribution is 0.0525. The standard InChI is InChI=1S/C30H27NO5S/c1-4-35-30(32)28-21(3)36-27(18-22-10-6-5-7-11-22)29(28)25-19-31(26-13-9-8-12-24(25)26)37(33,34)23-16-14-20(2)15-17-23/h5-17,19H,4,18H2,1-3H3. The van der Waals surface area contributed by atoms with Crippen LogP contribution in [0.15, 0.2) is 94.4 Å². The second-order valence-corrected chi connectivity index (χ2v) is 10.7. The molecule has 0 N–H and O–H groups in total. The van der Waals surface area contributed by atoms with Gasteiger partial charge in [0.25, 0.3) is 10.0 Å². The molecular weight excluding hydrogens is 486 g/mol. The van der Waals surface area contributed by atoms with E-state index in [0.29, 0.717) is 45.5 Å². The normalized spacial score (nSPS) is 11.6. The summed E-state index contributed by atoms with van der Waals surface area (Å²) < 4.78 is 40.3. The average Bonchev–Trinajstić information content (AvgIpc) is 3.42. The van der Waals surface area contributed by atoms with Gasteiger partial charge in [-0.1, -0.05) is 66.2 Å². The highest BCUT2D eigenvalue weighted by Gasteiger charge is 2.30. The molecule has 0 aliphatic rings. The summed E-state index contributed by atoms with van der Waals surface area (Å²) in [5.41, 5.74) is 3.94. The number of benzene rings is 3. The zero-order valence-corrected chi connectivity index (χ0v) is 21.7. The van der Waals surface area contributed by atoms with Crippen molar-refractivity contribution in [3.8, 4) is 11.1 Å². The minimum Gasteiger partial charge on any atom is -0.464 e. The molecule has 0 saturated heterocycles. The Morgan fingerprint density at radius 1 is 0.919 bits per heavy atom. The van der Waals surface area contributed by atoms with Gasteiger partial charge < -0.3 is 9.15 Å². The second kappa shape index (κ2) is 9.75. The van der Waals surface area contributed by atoms with Gasteiger partial charge in [-0.15, -0.1) is 0 Å². The van der Waals surface area contributed by atoms with Gasteiger partial charge in [0.15, 0.2) is 0 Å². The summed E-state index contributed by atoms with van der Waals surface area (Å²) in [6, 6.07) is 23.8. The molecule has 0 saturated carbocycles. The minimum absolute atomic E-state index is 0.184. The Hall–Kier alpha value is -4.10. The molecule has 6 nitrogen and oxygen atoms in total. The first kappa shape index (κ1) is 24.6. The van der Waals surface area contributed by atoms with Gasteiger partial charge in [0, 0.05) is 29.1 Å². The average molecular weight is 514 g/mol. The number of para-hydroxylation sites is 1. The fourth-order valence-corrected chi connectivity index (χ4v) is 5.98. The van der Waals surface area contributed by atoms with E-state index in [1.165, 1.54) is 3.97 Å². The quantitative estimate of drug-likeness (QED) is 0.231. The van der Waals surface area contributed by atoms with Crippen LogP contribution in [-0.4, -0.2) is 25.0 Å². The van der Waals surface area contributed by atoms with E-state index in [9.17, 15) is 13.2 Å². The van der Waals surface area contributed by atoms with Crippen LogP contribution < -0.4 is 0 Å². The smallest absolute Gasteiger partial charge is 0.342 e. The molecule has 0 aliphatic heterocycles. The number of carbonyl (C=O) groups excluding carboxylic acids is 1. The fraction of sp³-hybridized carbons (Fsp3) is 0.167. The van der Waals surface area contributed by atoms with Crippen molar-refractivity contribution >= 4 is 26.9 Å². The van der Waals surface area contributed by atoms with Crippen molar-refractivity contribution < 1.29 is 22.4 Å². The predicted octanol–water partition coefficient (Wildman–Crippen LogP) is 6.52. The van der Waals surface area contributed by atoms with Gasteiger partial charge in [0.1, 0.15) is 17.1 Å². The number of hydrogen-bond acceptors (Lipinski definition) is 5. The largest absolute Gasteiger partial charge is 0.464 e. The molecule has 0 radical (unpaired) electrons. The monoisotopic (exact) mass is 513 g/mol. The van der Waals surface area contributed by atoms with Crippen molar-refractivity contribution in [2.75, 3.05) is 6.61 Å². The number of aromatic nitrogens is 1. The summed E-state index contributed by atoms with van der Waals surface area (Å²) in [6.07, 6.45) is 2.02. The van der Waals surface area contributed by atoms with E-state index in [2.05, 4.69) is 0 Å². The van der Waals surface area contributed by atoms with Crippen LogP contribution >= 0.6 is 0 Å². The molecule has 3 aromatic carbocycles. The summed E-state index contributed by atoms with van der Waals surface area (Å²) in [7, 11) is -3.91. The Kier molecular flexibility index (Phi) is 6.48. The molecular formula is C30H27NO5S. The SMILES string of the molecule is CCOC(=O)c1c(C)oc(Cc2ccccc2)c1-c1cn(S(=O)(=O)c2ccc(C)cc2)c2ccccc12. The molecule has 0 aliphatic carbocycles. The lowest BCUT2D eigenvalue weighted by atomic mass is 9.97. The third kappa shape index (κ3) is 4.47. The number of furan rings is 1. The van der Waals surface area contributed by atoms with Crippen molar-refractivity contribution in [3.63, 3.8) is 0 Å². The Morgan fingerprint density at radius 2 is 1.59 bits per heavy atom. The van der Waals surface area contributed by atoms with Crippen molar-refractivity contribution in [2.24, 2.45) is 0 Å². The number of aryl methyl sites for hydroxylation is 2. The third-order valence-electron chi connectivity index (χ3n) is 6.37. The first-order valence-corrected chi connectivity index (χ1v) is 13.5. The molecule has 0 unspecified atom stereocenters. The van der Waals surface area contributed by atoms with Crippen molar-refractivity contribution in [3.05, 3.63) is 113 Å². The summed E-state index contributed by atoms with van der Waals surface area (Å²) in [5.74, 6) is 0.497. The van der Waals surface area contributed by atoms with Crippen LogP contribution in [0.1, 0.15) is 39.9 Å². The van der Waals surface area contributed by atoms with Crippen molar-refractivity contribution in [1.82, 2.24) is 3.97 Å². The van der Waals surface area contributed by atoms with E-state index < -0.39 is 16.0 Å². The zero-order valence-electron chi connectivity index (χ0n) is 20.9. The van der Waals surface area contributed by atoms with Crippen LogP contribution in [0.4, 0.5) is 0 Å². The molecule has 0 atom stereocenters. The highest BCUT2D eigenvalue weighted by atomic mass is 32.2. The van der Waals surface area contributed by atoms with Crippen LogP contribution in [0.2, 0.25) is 0 Å². The maximum atomic E-state index is 13.8. The van der Waals surface area contributed by atoms with E-state index in [4.69, 9.17) is 9.15 Å². The van der Waals surface area contributed by atoms with Crippen LogP contribution in [0, 0.1) is 13.8 Å². The lowest BCUT2D eigenvalue weighted by Crippen LogP contribution is -2.11. The topological polar surface area (TPSA) is 78.5 Å². The molecule has 0 amide bonds. The first-order chi connectivity index (χ1) is 17.8. The summed E-state index contributed by atoms with van der Waals surface area (Å²) >= 11 is 0. The highest BCUT2D eigenvalue weighted by molar-refractivity contribution is 7.90. The molecule has 7 heteroatoms. The molecule has 2 heterocycles. The maximum absolute atomic E-state index is 13.8. The molecule has 5 aromatic rings. The van der Waals surface area contributed by atoms with Gasteiger partial charge in [0.05, 0.1) is 17.0 Å². The van der Waals surface area contributed by atoms with E-state index >= 15 is 0 Å². The van der Waals surface area contributed by atoms with Gasteiger partial charge in [-0.3, -0.25) is 0 Å². The number of hydrogen-bond donors (Lipinski definition) is 0. The van der Waals surface area contributed by atoms with Crippen molar-refractivity contribution in [1.29, 1.82) is 0 Å². The zero-order chi connectivity index (χ0) is 26.2. The Balaban J connectivity index is 1.77. The maximum Gasteiger partial charge on any atom is 0.342 e. The second-order valence-electron chi connectivity index (χ2n) is 8.89. The number of esters is 1. The number of nitrogens with zero attached hydrogens (tertiary/aromatic N) is 1. The van der Waals surface area contributed by atoms with Crippen LogP contribution in [0.3, 0.4) is 0 Å². The van der Waals surface area contributed by atoms with Gasteiger partial charge >= 0.3 is 5.97 Å². The highest BCUT2D eigenvalue weighted by Crippen LogP contribution is 2.40. The molecule has 0 bridgehead atoms. The van der Waals surface area contributed by atoms with E-state index in [0.717, 1.165) is 11.1 Å². The van der Waals surface area contributed by atoms with Crippen molar-refractivity contribution in [2.45, 2.75) is 32.1 Å². The molecule has 0 fully saturated rings. The van der Waals surface area contributed by atoms with E-state index in [-0.39, 0.29) is 11.5 Å². The Morgan fingerprint density at radius 3 is 2.30 bits per heavy atom. The Labute approximate surface area is 216 Å². The number of ether oxygens (including phenoxy) is 1. The lowest BCUT2D eigenvalue weighted by Gasteiger charge is -2.08. The van der Waals surface area contributed by atoms with Gasteiger partial charge in [-0.2, -0.15) is 0 Å². The first-order valence-electron chi connectivity index (χ1n) is 12.1. The molecule has 188 valence electrons. The molecule has 37 heavy (non-hydrogen) atoms. The van der Waals surface area contributed by atoms with Crippen LogP contribution in [0.25, 0.3) is 22.0 Å². The third-order valence-corrected chi connectivity index (χ3v) is 8.06. The van der Waals surface area contributed by atoms with Crippen LogP contribution in [0.5, 0.6) is 0 Å². The van der Waals surface area contributed by atoms with Gasteiger partial charge in [0.2, 0.25) is 0 Å². The molecule has 2 aromatic heterocycles. The summed E-state index contributed by atoms with van der Waals surface area (Å²) in [4.78, 5) is 13.3. The number of fused-ring (bicyclic) bond motifs is 1. The molecule has 5 rings (SSSR count). The van der Waals surface area contributed by atoms with Gasteiger partial charge in [-0.25, -0.2) is 17.2 Å². The predicted molar refractivity (Wildman–Crippen MR) is 143 cm³/mol. The van der Waals surface area contributed by atoms with Crippen LogP contribution in [-0.2, 0) is 21.2 Å². The summed E-state index contributed by atoms with van der Waals surface area (Å²) in [6.45, 7) is 5.59. The molecule has 0 spiro atoms.